The minimum Gasteiger partial charge on any atom is -0.506 e. The fourth-order valence-electron chi connectivity index (χ4n) is 1.65. The number of pyridine rings is 1. The Bertz CT molecular complexity index is 313. The van der Waals surface area contributed by atoms with Crippen LogP contribution < -0.4 is 0 Å². The van der Waals surface area contributed by atoms with Crippen LogP contribution >= 0.6 is 0 Å². The Balaban J connectivity index is 2.24. The van der Waals surface area contributed by atoms with Crippen LogP contribution in [0.4, 0.5) is 0 Å². The van der Waals surface area contributed by atoms with E-state index < -0.39 is 0 Å². The van der Waals surface area contributed by atoms with Crippen LogP contribution in [0.3, 0.4) is 0 Å². The van der Waals surface area contributed by atoms with Crippen LogP contribution in [0.5, 0.6) is 5.75 Å². The van der Waals surface area contributed by atoms with Crippen LogP contribution in [-0.2, 0) is 0 Å². The molecule has 0 aromatic carbocycles. The molecule has 1 N–H and O–H groups in total. The lowest BCUT2D eigenvalue weighted by Gasteiger charge is -2.11. The van der Waals surface area contributed by atoms with Crippen molar-refractivity contribution in [2.75, 3.05) is 0 Å². The van der Waals surface area contributed by atoms with Gasteiger partial charge in [0.2, 0.25) is 0 Å². The number of nitrogens with zero attached hydrogens (tertiary/aromatic N) is 1. The van der Waals surface area contributed by atoms with E-state index in [1.165, 1.54) is 24.6 Å². The molecule has 0 atom stereocenters. The van der Waals surface area contributed by atoms with Crippen LogP contribution in [0, 0.1) is 0 Å². The highest BCUT2D eigenvalue weighted by molar-refractivity contribution is 5.63. The third-order valence-electron chi connectivity index (χ3n) is 2.37. The first-order valence-corrected chi connectivity index (χ1v) is 4.71. The fourth-order valence-corrected chi connectivity index (χ4v) is 1.65. The van der Waals surface area contributed by atoms with Crippen molar-refractivity contribution in [3.63, 3.8) is 0 Å². The Morgan fingerprint density at radius 3 is 2.77 bits per heavy atom. The molecule has 0 amide bonds. The predicted octanol–water partition coefficient (Wildman–Crippen LogP) is 2.74. The molecule has 0 saturated heterocycles. The lowest BCUT2D eigenvalue weighted by Crippen LogP contribution is -1.93. The van der Waals surface area contributed by atoms with E-state index in [2.05, 4.69) is 11.1 Å². The highest BCUT2D eigenvalue weighted by Crippen LogP contribution is 2.25. The summed E-state index contributed by atoms with van der Waals surface area (Å²) in [4.78, 5) is 4.18. The molecule has 2 rings (SSSR count). The molecule has 2 heteroatoms. The molecule has 0 radical (unpaired) electrons. The molecule has 0 fully saturated rings. The molecule has 1 aromatic heterocycles. The van der Waals surface area contributed by atoms with Gasteiger partial charge in [0.05, 0.1) is 11.9 Å². The second-order valence-corrected chi connectivity index (χ2v) is 3.38. The van der Waals surface area contributed by atoms with Gasteiger partial charge < -0.3 is 5.11 Å². The first kappa shape index (κ1) is 8.30. The number of aromatic hydroxyl groups is 1. The summed E-state index contributed by atoms with van der Waals surface area (Å²) in [5.74, 6) is 0.236. The summed E-state index contributed by atoms with van der Waals surface area (Å²) in [5, 5.41) is 9.07. The minimum absolute atomic E-state index is 0.236. The van der Waals surface area contributed by atoms with Gasteiger partial charge in [-0.2, -0.15) is 0 Å². The number of aromatic nitrogens is 1. The average Bonchev–Trinajstić information content (AvgIpc) is 2.20. The van der Waals surface area contributed by atoms with Crippen LogP contribution in [0.1, 0.15) is 31.4 Å². The number of allylic oxidation sites excluding steroid dienone is 2. The predicted molar refractivity (Wildman–Crippen MR) is 52.3 cm³/mol. The second kappa shape index (κ2) is 3.60. The van der Waals surface area contributed by atoms with Gasteiger partial charge in [-0.15, -0.1) is 0 Å². The molecule has 68 valence electrons. The minimum atomic E-state index is 0.236. The highest BCUT2D eigenvalue weighted by Gasteiger charge is 2.06. The van der Waals surface area contributed by atoms with Crippen LogP contribution in [-0.4, -0.2) is 10.1 Å². The van der Waals surface area contributed by atoms with Crippen LogP contribution in [0.25, 0.3) is 5.57 Å². The van der Waals surface area contributed by atoms with E-state index in [1.54, 1.807) is 6.07 Å². The van der Waals surface area contributed by atoms with Crippen molar-refractivity contribution in [3.8, 4) is 5.75 Å². The first-order chi connectivity index (χ1) is 6.36. The molecule has 1 aliphatic rings. The van der Waals surface area contributed by atoms with E-state index >= 15 is 0 Å². The van der Waals surface area contributed by atoms with Crippen LogP contribution in [0.15, 0.2) is 24.4 Å². The molecule has 13 heavy (non-hydrogen) atoms. The first-order valence-electron chi connectivity index (χ1n) is 4.71. The zero-order chi connectivity index (χ0) is 9.10. The summed E-state index contributed by atoms with van der Waals surface area (Å²) in [6.45, 7) is 0. The molecule has 0 spiro atoms. The smallest absolute Gasteiger partial charge is 0.133 e. The number of hydrogen-bond acceptors (Lipinski definition) is 2. The second-order valence-electron chi connectivity index (χ2n) is 3.38. The standard InChI is InChI=1S/C11H13NO/c13-10-6-7-11(12-8-10)9-4-2-1-3-5-9/h4,6-8,13H,1-3,5H2. The monoisotopic (exact) mass is 175 g/mol. The molecule has 0 bridgehead atoms. The normalized spacial score (nSPS) is 16.8. The molecular formula is C11H13NO. The van der Waals surface area contributed by atoms with Crippen molar-refractivity contribution < 1.29 is 5.11 Å². The maximum Gasteiger partial charge on any atom is 0.133 e. The van der Waals surface area contributed by atoms with Crippen LogP contribution in [0.2, 0.25) is 0 Å². The number of rotatable bonds is 1. The van der Waals surface area contributed by atoms with Gasteiger partial charge in [0.25, 0.3) is 0 Å². The Morgan fingerprint density at radius 2 is 2.15 bits per heavy atom. The van der Waals surface area contributed by atoms with Crippen molar-refractivity contribution >= 4 is 5.57 Å². The van der Waals surface area contributed by atoms with Crippen molar-refractivity contribution in [2.24, 2.45) is 0 Å². The molecule has 2 nitrogen and oxygen atoms in total. The van der Waals surface area contributed by atoms with Gasteiger partial charge in [0.1, 0.15) is 5.75 Å². The van der Waals surface area contributed by atoms with E-state index in [0.29, 0.717) is 0 Å². The van der Waals surface area contributed by atoms with Crippen molar-refractivity contribution in [1.29, 1.82) is 0 Å². The van der Waals surface area contributed by atoms with E-state index in [0.717, 1.165) is 18.5 Å². The van der Waals surface area contributed by atoms with E-state index in [4.69, 9.17) is 5.11 Å². The van der Waals surface area contributed by atoms with E-state index in [1.807, 2.05) is 6.07 Å². The maximum atomic E-state index is 9.07. The SMILES string of the molecule is Oc1ccc(C2=CCCCC2)nc1. The average molecular weight is 175 g/mol. The Kier molecular flexibility index (Phi) is 2.30. The van der Waals surface area contributed by atoms with E-state index in [-0.39, 0.29) is 5.75 Å². The Labute approximate surface area is 77.9 Å². The summed E-state index contributed by atoms with van der Waals surface area (Å²) in [6.07, 6.45) is 8.60. The van der Waals surface area contributed by atoms with Gasteiger partial charge in [0.15, 0.2) is 0 Å². The maximum absolute atomic E-state index is 9.07. The molecule has 0 aliphatic heterocycles. The zero-order valence-electron chi connectivity index (χ0n) is 7.53. The van der Waals surface area contributed by atoms with Gasteiger partial charge in [-0.1, -0.05) is 6.08 Å². The quantitative estimate of drug-likeness (QED) is 0.711. The summed E-state index contributed by atoms with van der Waals surface area (Å²) in [7, 11) is 0. The molecule has 1 aromatic rings. The third-order valence-corrected chi connectivity index (χ3v) is 2.37. The van der Waals surface area contributed by atoms with Gasteiger partial charge in [0, 0.05) is 0 Å². The lowest BCUT2D eigenvalue weighted by molar-refractivity contribution is 0.472. The lowest BCUT2D eigenvalue weighted by atomic mass is 9.97. The summed E-state index contributed by atoms with van der Waals surface area (Å²) in [6, 6.07) is 3.57. The summed E-state index contributed by atoms with van der Waals surface area (Å²) in [5.41, 5.74) is 2.34. The molecule has 0 saturated carbocycles. The zero-order valence-corrected chi connectivity index (χ0v) is 7.53. The van der Waals surface area contributed by atoms with Gasteiger partial charge >= 0.3 is 0 Å². The molecule has 1 aliphatic carbocycles. The topological polar surface area (TPSA) is 33.1 Å². The number of hydrogen-bond donors (Lipinski definition) is 1. The van der Waals surface area contributed by atoms with Gasteiger partial charge in [-0.3, -0.25) is 4.98 Å². The van der Waals surface area contributed by atoms with Crippen molar-refractivity contribution in [1.82, 2.24) is 4.98 Å². The van der Waals surface area contributed by atoms with Gasteiger partial charge in [-0.05, 0) is 43.4 Å². The third kappa shape index (κ3) is 1.89. The molecular weight excluding hydrogens is 162 g/mol. The van der Waals surface area contributed by atoms with Gasteiger partial charge in [-0.25, -0.2) is 0 Å². The molecule has 1 heterocycles. The van der Waals surface area contributed by atoms with E-state index in [9.17, 15) is 0 Å². The Hall–Kier alpha value is -1.31. The highest BCUT2D eigenvalue weighted by atomic mass is 16.3. The largest absolute Gasteiger partial charge is 0.506 e. The fraction of sp³-hybridized carbons (Fsp3) is 0.364. The summed E-state index contributed by atoms with van der Waals surface area (Å²) < 4.78 is 0. The molecule has 0 unspecified atom stereocenters. The van der Waals surface area contributed by atoms with Crippen molar-refractivity contribution in [3.05, 3.63) is 30.1 Å². The van der Waals surface area contributed by atoms with Crippen molar-refractivity contribution in [2.45, 2.75) is 25.7 Å². The Morgan fingerprint density at radius 1 is 1.23 bits per heavy atom. The summed E-state index contributed by atoms with van der Waals surface area (Å²) >= 11 is 0.